The summed E-state index contributed by atoms with van der Waals surface area (Å²) in [5, 5.41) is 7.44. The van der Waals surface area contributed by atoms with Gasteiger partial charge in [0.15, 0.2) is 11.5 Å². The fraction of sp³-hybridized carbons (Fsp3) is 0.423. The Morgan fingerprint density at radius 2 is 1.73 bits per heavy atom. The van der Waals surface area contributed by atoms with Crippen LogP contribution in [0, 0.1) is 0 Å². The van der Waals surface area contributed by atoms with Gasteiger partial charge in [-0.2, -0.15) is 4.98 Å². The van der Waals surface area contributed by atoms with Crippen LogP contribution in [-0.2, 0) is 16.8 Å². The van der Waals surface area contributed by atoms with Gasteiger partial charge in [-0.15, -0.1) is 0 Å². The van der Waals surface area contributed by atoms with Crippen LogP contribution >= 0.6 is 0 Å². The van der Waals surface area contributed by atoms with Crippen molar-refractivity contribution in [2.45, 2.75) is 57.9 Å². The quantitative estimate of drug-likeness (QED) is 0.492. The Hall–Kier alpha value is -3.35. The van der Waals surface area contributed by atoms with Gasteiger partial charge in [0.1, 0.15) is 5.54 Å². The molecule has 33 heavy (non-hydrogen) atoms. The van der Waals surface area contributed by atoms with Gasteiger partial charge in [0.2, 0.25) is 11.7 Å². The van der Waals surface area contributed by atoms with Crippen molar-refractivity contribution < 1.29 is 18.8 Å². The molecule has 174 valence electrons. The molecule has 0 atom stereocenters. The lowest BCUT2D eigenvalue weighted by Gasteiger charge is -2.34. The summed E-state index contributed by atoms with van der Waals surface area (Å²) in [6, 6.07) is 15.4. The number of aromatic nitrogens is 2. The summed E-state index contributed by atoms with van der Waals surface area (Å²) >= 11 is 0. The van der Waals surface area contributed by atoms with Crippen LogP contribution < -0.4 is 14.8 Å². The Morgan fingerprint density at radius 3 is 2.45 bits per heavy atom. The standard InChI is InChI=1S/C26H31N3O4/c1-3-31-21-14-13-19(17-22(21)32-4-2)18-23(30)28-26(15-9-6-10-16-26)25-27-24(29-33-25)20-11-7-5-8-12-20/h5,7-8,11-14,17H,3-4,6,9-10,15-16,18H2,1-2H3,(H,28,30). The van der Waals surface area contributed by atoms with Gasteiger partial charge in [-0.25, -0.2) is 0 Å². The smallest absolute Gasteiger partial charge is 0.252 e. The van der Waals surface area contributed by atoms with Crippen molar-refractivity contribution in [2.24, 2.45) is 0 Å². The van der Waals surface area contributed by atoms with Crippen molar-refractivity contribution in [3.05, 3.63) is 60.0 Å². The first-order valence-corrected chi connectivity index (χ1v) is 11.7. The molecular weight excluding hydrogens is 418 g/mol. The third-order valence-electron chi connectivity index (χ3n) is 5.93. The van der Waals surface area contributed by atoms with E-state index in [0.717, 1.165) is 43.2 Å². The van der Waals surface area contributed by atoms with E-state index < -0.39 is 5.54 Å². The van der Waals surface area contributed by atoms with Gasteiger partial charge >= 0.3 is 0 Å². The molecule has 7 nitrogen and oxygen atoms in total. The summed E-state index contributed by atoms with van der Waals surface area (Å²) in [6.45, 7) is 4.94. The van der Waals surface area contributed by atoms with E-state index in [1.54, 1.807) is 0 Å². The third-order valence-corrected chi connectivity index (χ3v) is 5.93. The van der Waals surface area contributed by atoms with Crippen LogP contribution in [0.3, 0.4) is 0 Å². The average Bonchev–Trinajstić information content (AvgIpc) is 3.33. The number of ether oxygens (including phenoxy) is 2. The molecule has 1 amide bonds. The Morgan fingerprint density at radius 1 is 1.00 bits per heavy atom. The summed E-state index contributed by atoms with van der Waals surface area (Å²) < 4.78 is 17.0. The molecular formula is C26H31N3O4. The Kier molecular flexibility index (Phi) is 7.27. The summed E-state index contributed by atoms with van der Waals surface area (Å²) in [6.07, 6.45) is 4.93. The maximum Gasteiger partial charge on any atom is 0.252 e. The summed E-state index contributed by atoms with van der Waals surface area (Å²) in [5.41, 5.74) is 1.12. The summed E-state index contributed by atoms with van der Waals surface area (Å²) in [4.78, 5) is 17.8. The number of nitrogens with one attached hydrogen (secondary N) is 1. The van der Waals surface area contributed by atoms with E-state index in [9.17, 15) is 4.79 Å². The highest BCUT2D eigenvalue weighted by Crippen LogP contribution is 2.37. The van der Waals surface area contributed by atoms with E-state index in [4.69, 9.17) is 14.0 Å². The molecule has 0 radical (unpaired) electrons. The maximum atomic E-state index is 13.1. The molecule has 4 rings (SSSR count). The van der Waals surface area contributed by atoms with Crippen molar-refractivity contribution >= 4 is 5.91 Å². The average molecular weight is 450 g/mol. The monoisotopic (exact) mass is 449 g/mol. The van der Waals surface area contributed by atoms with E-state index in [1.807, 2.05) is 62.4 Å². The zero-order chi connectivity index (χ0) is 23.1. The van der Waals surface area contributed by atoms with E-state index in [0.29, 0.717) is 36.4 Å². The van der Waals surface area contributed by atoms with Gasteiger partial charge in [-0.1, -0.05) is 60.8 Å². The van der Waals surface area contributed by atoms with Crippen LogP contribution in [0.4, 0.5) is 0 Å². The lowest BCUT2D eigenvalue weighted by molar-refractivity contribution is -0.123. The van der Waals surface area contributed by atoms with Crippen molar-refractivity contribution in [1.82, 2.24) is 15.5 Å². The predicted molar refractivity (Wildman–Crippen MR) is 125 cm³/mol. The molecule has 1 aliphatic rings. The van der Waals surface area contributed by atoms with Crippen molar-refractivity contribution in [1.29, 1.82) is 0 Å². The summed E-state index contributed by atoms with van der Waals surface area (Å²) in [7, 11) is 0. The molecule has 1 aliphatic carbocycles. The molecule has 1 aromatic heterocycles. The third kappa shape index (κ3) is 5.35. The molecule has 0 unspecified atom stereocenters. The van der Waals surface area contributed by atoms with Crippen molar-refractivity contribution in [2.75, 3.05) is 13.2 Å². The largest absolute Gasteiger partial charge is 0.490 e. The molecule has 7 heteroatoms. The first-order chi connectivity index (χ1) is 16.1. The first-order valence-electron chi connectivity index (χ1n) is 11.7. The number of rotatable bonds is 9. The Bertz CT molecular complexity index is 1060. The van der Waals surface area contributed by atoms with Crippen LogP contribution in [-0.4, -0.2) is 29.3 Å². The molecule has 0 bridgehead atoms. The zero-order valence-electron chi connectivity index (χ0n) is 19.3. The molecule has 0 saturated heterocycles. The number of carbonyl (C=O) groups excluding carboxylic acids is 1. The minimum atomic E-state index is -0.636. The lowest BCUT2D eigenvalue weighted by Crippen LogP contribution is -2.48. The number of hydrogen-bond donors (Lipinski definition) is 1. The van der Waals surface area contributed by atoms with Gasteiger partial charge in [0.05, 0.1) is 19.6 Å². The minimum absolute atomic E-state index is 0.0806. The summed E-state index contributed by atoms with van der Waals surface area (Å²) in [5.74, 6) is 2.28. The fourth-order valence-corrected chi connectivity index (χ4v) is 4.37. The van der Waals surface area contributed by atoms with Crippen LogP contribution in [0.2, 0.25) is 0 Å². The number of amides is 1. The molecule has 1 fully saturated rings. The van der Waals surface area contributed by atoms with Crippen molar-refractivity contribution in [3.8, 4) is 22.9 Å². The Labute approximate surface area is 194 Å². The van der Waals surface area contributed by atoms with Gasteiger partial charge in [-0.05, 0) is 44.4 Å². The number of carbonyl (C=O) groups is 1. The van der Waals surface area contributed by atoms with Crippen LogP contribution in [0.25, 0.3) is 11.4 Å². The van der Waals surface area contributed by atoms with Crippen LogP contribution in [0.1, 0.15) is 57.4 Å². The SMILES string of the molecule is CCOc1ccc(CC(=O)NC2(c3nc(-c4ccccc4)no3)CCCCC2)cc1OCC. The van der Waals surface area contributed by atoms with E-state index >= 15 is 0 Å². The predicted octanol–water partition coefficient (Wildman–Crippen LogP) is 5.05. The lowest BCUT2D eigenvalue weighted by atomic mass is 9.81. The normalized spacial score (nSPS) is 15.1. The highest BCUT2D eigenvalue weighted by molar-refractivity contribution is 5.79. The number of hydrogen-bond acceptors (Lipinski definition) is 6. The Balaban J connectivity index is 1.53. The molecule has 0 spiro atoms. The number of nitrogens with zero attached hydrogens (tertiary/aromatic N) is 2. The molecule has 3 aromatic rings. The van der Waals surface area contributed by atoms with E-state index in [2.05, 4.69) is 15.5 Å². The first kappa shape index (κ1) is 22.8. The van der Waals surface area contributed by atoms with Gasteiger partial charge in [0, 0.05) is 5.56 Å². The fourth-order valence-electron chi connectivity index (χ4n) is 4.37. The van der Waals surface area contributed by atoms with Crippen LogP contribution in [0.15, 0.2) is 53.1 Å². The topological polar surface area (TPSA) is 86.5 Å². The van der Waals surface area contributed by atoms with E-state index in [-0.39, 0.29) is 12.3 Å². The second kappa shape index (κ2) is 10.5. The molecule has 1 N–H and O–H groups in total. The van der Waals surface area contributed by atoms with E-state index in [1.165, 1.54) is 0 Å². The molecule has 2 aromatic carbocycles. The van der Waals surface area contributed by atoms with Crippen LogP contribution in [0.5, 0.6) is 11.5 Å². The minimum Gasteiger partial charge on any atom is -0.490 e. The van der Waals surface area contributed by atoms with Crippen molar-refractivity contribution in [3.63, 3.8) is 0 Å². The van der Waals surface area contributed by atoms with Gasteiger partial charge in [-0.3, -0.25) is 4.79 Å². The molecule has 0 aliphatic heterocycles. The number of benzene rings is 2. The second-order valence-electron chi connectivity index (χ2n) is 8.30. The van der Waals surface area contributed by atoms with Gasteiger partial charge < -0.3 is 19.3 Å². The molecule has 1 saturated carbocycles. The van der Waals surface area contributed by atoms with Gasteiger partial charge in [0.25, 0.3) is 5.89 Å². The highest BCUT2D eigenvalue weighted by Gasteiger charge is 2.40. The zero-order valence-corrected chi connectivity index (χ0v) is 19.3. The highest BCUT2D eigenvalue weighted by atomic mass is 16.5. The maximum absolute atomic E-state index is 13.1. The second-order valence-corrected chi connectivity index (χ2v) is 8.30. The molecule has 1 heterocycles.